The molecule has 0 amide bonds. The number of nitrogens with one attached hydrogen (secondary N) is 1. The van der Waals surface area contributed by atoms with Crippen LogP contribution in [-0.2, 0) is 6.54 Å². The van der Waals surface area contributed by atoms with Crippen molar-refractivity contribution in [2.24, 2.45) is 0 Å². The molecule has 0 saturated carbocycles. The van der Waals surface area contributed by atoms with Crippen molar-refractivity contribution in [1.82, 2.24) is 9.97 Å². The van der Waals surface area contributed by atoms with E-state index in [1.54, 1.807) is 6.08 Å². The van der Waals surface area contributed by atoms with E-state index in [9.17, 15) is 0 Å². The molecule has 0 spiro atoms. The highest BCUT2D eigenvalue weighted by atomic mass is 15.2. The van der Waals surface area contributed by atoms with Crippen LogP contribution in [0.15, 0.2) is 49.1 Å². The molecule has 0 unspecified atom stereocenters. The van der Waals surface area contributed by atoms with Crippen LogP contribution < -0.4 is 10.2 Å². The molecule has 1 heterocycles. The zero-order chi connectivity index (χ0) is 15.1. The van der Waals surface area contributed by atoms with Crippen LogP contribution >= 0.6 is 0 Å². The molecule has 0 saturated heterocycles. The molecule has 2 aromatic rings. The van der Waals surface area contributed by atoms with Gasteiger partial charge < -0.3 is 10.2 Å². The Balaban J connectivity index is 2.20. The maximum atomic E-state index is 4.59. The molecule has 2 rings (SSSR count). The molecule has 0 radical (unpaired) electrons. The van der Waals surface area contributed by atoms with Gasteiger partial charge in [0.2, 0.25) is 5.95 Å². The molecule has 1 aromatic carbocycles. The maximum absolute atomic E-state index is 4.59. The molecular formula is C17H22N4. The molecule has 0 fully saturated rings. The lowest BCUT2D eigenvalue weighted by Crippen LogP contribution is -2.24. The second-order valence-electron chi connectivity index (χ2n) is 4.86. The highest BCUT2D eigenvalue weighted by molar-refractivity contribution is 5.45. The number of nitrogens with zero attached hydrogens (tertiary/aromatic N) is 3. The van der Waals surface area contributed by atoms with Gasteiger partial charge in [-0.3, -0.25) is 0 Å². The van der Waals surface area contributed by atoms with E-state index >= 15 is 0 Å². The minimum Gasteiger partial charge on any atom is -0.352 e. The number of hydrogen-bond acceptors (Lipinski definition) is 4. The van der Waals surface area contributed by atoms with Gasteiger partial charge in [0.05, 0.1) is 0 Å². The van der Waals surface area contributed by atoms with E-state index in [2.05, 4.69) is 58.0 Å². The minimum absolute atomic E-state index is 0.649. The van der Waals surface area contributed by atoms with Crippen LogP contribution in [0, 0.1) is 6.92 Å². The summed E-state index contributed by atoms with van der Waals surface area (Å²) in [4.78, 5) is 11.2. The summed E-state index contributed by atoms with van der Waals surface area (Å²) in [7, 11) is 0. The van der Waals surface area contributed by atoms with Crippen molar-refractivity contribution in [3.8, 4) is 0 Å². The first-order valence-corrected chi connectivity index (χ1v) is 7.22. The van der Waals surface area contributed by atoms with E-state index < -0.39 is 0 Å². The lowest BCUT2D eigenvalue weighted by atomic mass is 10.2. The second-order valence-corrected chi connectivity index (χ2v) is 4.86. The molecule has 21 heavy (non-hydrogen) atoms. The van der Waals surface area contributed by atoms with Crippen molar-refractivity contribution in [2.45, 2.75) is 20.4 Å². The van der Waals surface area contributed by atoms with Crippen molar-refractivity contribution in [1.29, 1.82) is 0 Å². The van der Waals surface area contributed by atoms with Gasteiger partial charge in [-0.1, -0.05) is 36.4 Å². The van der Waals surface area contributed by atoms with Crippen LogP contribution in [0.2, 0.25) is 0 Å². The second kappa shape index (κ2) is 7.43. The van der Waals surface area contributed by atoms with Crippen LogP contribution in [0.4, 0.5) is 11.8 Å². The number of aryl methyl sites for hydroxylation is 1. The Morgan fingerprint density at radius 1 is 1.24 bits per heavy atom. The lowest BCUT2D eigenvalue weighted by Gasteiger charge is -2.23. The molecule has 0 aliphatic carbocycles. The predicted molar refractivity (Wildman–Crippen MR) is 88.6 cm³/mol. The smallest absolute Gasteiger partial charge is 0.225 e. The van der Waals surface area contributed by atoms with Gasteiger partial charge >= 0.3 is 0 Å². The quantitative estimate of drug-likeness (QED) is 0.790. The normalized spacial score (nSPS) is 10.2. The van der Waals surface area contributed by atoms with E-state index in [1.165, 1.54) is 5.56 Å². The average molecular weight is 282 g/mol. The van der Waals surface area contributed by atoms with Crippen LogP contribution in [0.1, 0.15) is 18.2 Å². The molecule has 0 aliphatic heterocycles. The Morgan fingerprint density at radius 3 is 2.67 bits per heavy atom. The number of benzene rings is 1. The van der Waals surface area contributed by atoms with Crippen molar-refractivity contribution >= 4 is 11.8 Å². The minimum atomic E-state index is 0.649. The van der Waals surface area contributed by atoms with Gasteiger partial charge in [-0.05, 0) is 19.4 Å². The fourth-order valence-corrected chi connectivity index (χ4v) is 2.12. The van der Waals surface area contributed by atoms with Crippen LogP contribution in [-0.4, -0.2) is 23.1 Å². The van der Waals surface area contributed by atoms with Gasteiger partial charge in [0.25, 0.3) is 0 Å². The topological polar surface area (TPSA) is 41.1 Å². The molecule has 110 valence electrons. The molecule has 0 aliphatic rings. The monoisotopic (exact) mass is 282 g/mol. The SMILES string of the molecule is C=CCNc1nc(C)cc(N(CC)Cc2ccccc2)n1. The van der Waals surface area contributed by atoms with Crippen LogP contribution in [0.25, 0.3) is 0 Å². The third-order valence-electron chi connectivity index (χ3n) is 3.17. The fourth-order valence-electron chi connectivity index (χ4n) is 2.12. The first-order chi connectivity index (χ1) is 10.2. The summed E-state index contributed by atoms with van der Waals surface area (Å²) < 4.78 is 0. The Bertz CT molecular complexity index is 581. The first kappa shape index (κ1) is 15.0. The third-order valence-corrected chi connectivity index (χ3v) is 3.17. The largest absolute Gasteiger partial charge is 0.352 e. The van der Waals surface area contributed by atoms with Gasteiger partial charge in [-0.25, -0.2) is 4.98 Å². The zero-order valence-corrected chi connectivity index (χ0v) is 12.7. The average Bonchev–Trinajstić information content (AvgIpc) is 2.51. The van der Waals surface area contributed by atoms with Crippen molar-refractivity contribution in [3.05, 3.63) is 60.3 Å². The van der Waals surface area contributed by atoms with Crippen molar-refractivity contribution in [3.63, 3.8) is 0 Å². The molecule has 0 atom stereocenters. The standard InChI is InChI=1S/C17H22N4/c1-4-11-18-17-19-14(3)12-16(20-17)21(5-2)13-15-9-7-6-8-10-15/h4,6-10,12H,1,5,11,13H2,2-3H3,(H,18,19,20). The summed E-state index contributed by atoms with van der Waals surface area (Å²) >= 11 is 0. The van der Waals surface area contributed by atoms with Gasteiger partial charge in [0, 0.05) is 31.4 Å². The molecule has 0 bridgehead atoms. The van der Waals surface area contributed by atoms with E-state index in [1.807, 2.05) is 19.1 Å². The highest BCUT2D eigenvalue weighted by Gasteiger charge is 2.09. The third kappa shape index (κ3) is 4.31. The van der Waals surface area contributed by atoms with E-state index in [0.29, 0.717) is 12.5 Å². The van der Waals surface area contributed by atoms with E-state index in [0.717, 1.165) is 24.6 Å². The summed E-state index contributed by atoms with van der Waals surface area (Å²) in [5.74, 6) is 1.59. The summed E-state index contributed by atoms with van der Waals surface area (Å²) in [5.41, 5.74) is 2.23. The Morgan fingerprint density at radius 2 is 2.00 bits per heavy atom. The first-order valence-electron chi connectivity index (χ1n) is 7.22. The predicted octanol–water partition coefficient (Wildman–Crippen LogP) is 3.41. The number of aromatic nitrogens is 2. The fraction of sp³-hybridized carbons (Fsp3) is 0.294. The summed E-state index contributed by atoms with van der Waals surface area (Å²) in [6.45, 7) is 10.2. The van der Waals surface area contributed by atoms with E-state index in [4.69, 9.17) is 0 Å². The van der Waals surface area contributed by atoms with Crippen LogP contribution in [0.5, 0.6) is 0 Å². The van der Waals surface area contributed by atoms with Crippen molar-refractivity contribution in [2.75, 3.05) is 23.3 Å². The summed E-state index contributed by atoms with van der Waals surface area (Å²) in [6.07, 6.45) is 1.80. The highest BCUT2D eigenvalue weighted by Crippen LogP contribution is 2.17. The number of anilines is 2. The van der Waals surface area contributed by atoms with Crippen LogP contribution in [0.3, 0.4) is 0 Å². The summed E-state index contributed by atoms with van der Waals surface area (Å²) in [6, 6.07) is 12.4. The van der Waals surface area contributed by atoms with Gasteiger partial charge in [-0.2, -0.15) is 4.98 Å². The molecule has 4 heteroatoms. The van der Waals surface area contributed by atoms with Gasteiger partial charge in [0.1, 0.15) is 5.82 Å². The Hall–Kier alpha value is -2.36. The number of rotatable bonds is 7. The molecule has 4 nitrogen and oxygen atoms in total. The maximum Gasteiger partial charge on any atom is 0.225 e. The summed E-state index contributed by atoms with van der Waals surface area (Å²) in [5, 5.41) is 3.15. The molecule has 1 N–H and O–H groups in total. The van der Waals surface area contributed by atoms with Crippen molar-refractivity contribution < 1.29 is 0 Å². The zero-order valence-electron chi connectivity index (χ0n) is 12.7. The molecular weight excluding hydrogens is 260 g/mol. The number of hydrogen-bond donors (Lipinski definition) is 1. The Labute approximate surface area is 126 Å². The van der Waals surface area contributed by atoms with Gasteiger partial charge in [0.15, 0.2) is 0 Å². The molecule has 1 aromatic heterocycles. The Kier molecular flexibility index (Phi) is 5.32. The van der Waals surface area contributed by atoms with Gasteiger partial charge in [-0.15, -0.1) is 6.58 Å². The lowest BCUT2D eigenvalue weighted by molar-refractivity contribution is 0.808. The van der Waals surface area contributed by atoms with E-state index in [-0.39, 0.29) is 0 Å².